The van der Waals surface area contributed by atoms with Crippen molar-refractivity contribution < 1.29 is 23.9 Å². The number of pyridine rings is 1. The van der Waals surface area contributed by atoms with E-state index in [-0.39, 0.29) is 66.1 Å². The van der Waals surface area contributed by atoms with E-state index in [0.717, 1.165) is 122 Å². The van der Waals surface area contributed by atoms with Gasteiger partial charge in [-0.2, -0.15) is 0 Å². The topological polar surface area (TPSA) is 151 Å². The third-order valence-electron chi connectivity index (χ3n) is 15.9. The summed E-state index contributed by atoms with van der Waals surface area (Å²) in [6.07, 6.45) is 10.0. The molecule has 356 valence electrons. The predicted molar refractivity (Wildman–Crippen MR) is 260 cm³/mol. The number of nitrogens with one attached hydrogen (secondary N) is 3. The molecule has 2 aromatic heterocycles. The van der Waals surface area contributed by atoms with Gasteiger partial charge in [0, 0.05) is 79.2 Å². The van der Waals surface area contributed by atoms with Crippen molar-refractivity contribution in [2.75, 3.05) is 45.9 Å². The fourth-order valence-corrected chi connectivity index (χ4v) is 12.3. The Hall–Kier alpha value is -5.11. The maximum Gasteiger partial charge on any atom is 0.324 e. The van der Waals surface area contributed by atoms with Crippen LogP contribution in [0, 0.1) is 16.7 Å². The van der Waals surface area contributed by atoms with Crippen molar-refractivity contribution in [2.24, 2.45) is 16.7 Å². The van der Waals surface area contributed by atoms with Gasteiger partial charge >= 0.3 is 5.97 Å². The summed E-state index contributed by atoms with van der Waals surface area (Å²) in [6.45, 7) is 16.1. The van der Waals surface area contributed by atoms with E-state index >= 15 is 4.79 Å². The van der Waals surface area contributed by atoms with Crippen molar-refractivity contribution in [3.8, 4) is 22.4 Å². The van der Waals surface area contributed by atoms with Gasteiger partial charge < -0.3 is 24.8 Å². The average molecular weight is 911 g/mol. The Kier molecular flexibility index (Phi) is 12.6. The largest absolute Gasteiger partial charge is 0.464 e. The van der Waals surface area contributed by atoms with Gasteiger partial charge in [-0.25, -0.2) is 5.43 Å². The van der Waals surface area contributed by atoms with E-state index in [0.29, 0.717) is 25.8 Å². The summed E-state index contributed by atoms with van der Waals surface area (Å²) in [6, 6.07) is 17.4. The number of esters is 1. The van der Waals surface area contributed by atoms with Crippen LogP contribution in [0.5, 0.6) is 0 Å². The van der Waals surface area contributed by atoms with E-state index in [2.05, 4.69) is 109 Å². The Balaban J connectivity index is 1.01. The van der Waals surface area contributed by atoms with Gasteiger partial charge in [0.1, 0.15) is 12.1 Å². The molecule has 6 bridgehead atoms. The highest BCUT2D eigenvalue weighted by atomic mass is 16.5. The minimum Gasteiger partial charge on any atom is -0.464 e. The lowest BCUT2D eigenvalue weighted by Crippen LogP contribution is -2.62. The first-order valence-corrected chi connectivity index (χ1v) is 25.3. The lowest BCUT2D eigenvalue weighted by Gasteiger charge is -2.37. The zero-order valence-electron chi connectivity index (χ0n) is 40.2. The molecule has 4 saturated heterocycles. The van der Waals surface area contributed by atoms with Crippen molar-refractivity contribution in [3.05, 3.63) is 77.6 Å². The summed E-state index contributed by atoms with van der Waals surface area (Å²) in [4.78, 5) is 66.4. The van der Waals surface area contributed by atoms with Gasteiger partial charge in [-0.05, 0) is 117 Å². The van der Waals surface area contributed by atoms with E-state index in [9.17, 15) is 14.4 Å². The van der Waals surface area contributed by atoms with Crippen LogP contribution >= 0.6 is 0 Å². The van der Waals surface area contributed by atoms with Crippen LogP contribution in [0.4, 0.5) is 0 Å². The normalized spacial score (nSPS) is 26.3. The number of likely N-dealkylation sites (tertiary alicyclic amines) is 2. The van der Waals surface area contributed by atoms with Crippen LogP contribution < -0.4 is 16.1 Å². The predicted octanol–water partition coefficient (Wildman–Crippen LogP) is 6.62. The molecule has 13 nitrogen and oxygen atoms in total. The summed E-state index contributed by atoms with van der Waals surface area (Å²) in [7, 11) is 0. The van der Waals surface area contributed by atoms with E-state index in [4.69, 9.17) is 9.72 Å². The molecule has 0 unspecified atom stereocenters. The number of carbonyl (C=O) groups is 4. The summed E-state index contributed by atoms with van der Waals surface area (Å²) >= 11 is 0. The Labute approximate surface area is 395 Å². The Morgan fingerprint density at radius 3 is 2.51 bits per heavy atom. The van der Waals surface area contributed by atoms with Crippen LogP contribution in [0.1, 0.15) is 109 Å². The molecule has 7 heterocycles. The van der Waals surface area contributed by atoms with Gasteiger partial charge in [-0.3, -0.25) is 34.1 Å². The second-order valence-corrected chi connectivity index (χ2v) is 21.8. The molecule has 13 heteroatoms. The standard InChI is InChI=1S/C54H70N8O5/c1-6-61-45-19-18-38-28-40(45)41(48(61)39-16-10-22-55-46(39)34(2)3)29-53(4,5)33-67-52(66)42-17-11-23-62(58-42)51(65)43(27-35-12-9-15-37(38)26-35)57-49(63)47(36-13-7-8-14-36)59-24-20-54(31-59)21-25-60(32-54)50(64)44-30-56-44/h9-10,12,15-16,18-19,22,26,28,34,36,42-44,47,56,58H,6-8,11,13-14,17,20-21,23-25,27,29-33H2,1-5H3,(H,57,63)/t42-,43-,44+,47-,54-/m0/s1. The molecule has 1 aliphatic carbocycles. The fourth-order valence-electron chi connectivity index (χ4n) is 12.3. The molecule has 10 rings (SSSR count). The number of aryl methyl sites for hydroxylation is 1. The third kappa shape index (κ3) is 9.15. The first-order valence-electron chi connectivity index (χ1n) is 25.3. The smallest absolute Gasteiger partial charge is 0.324 e. The lowest BCUT2D eigenvalue weighted by atomic mass is 9.83. The zero-order chi connectivity index (χ0) is 46.6. The Bertz CT molecular complexity index is 2540. The average Bonchev–Trinajstić information content (AvgIpc) is 3.59. The highest BCUT2D eigenvalue weighted by Crippen LogP contribution is 2.44. The van der Waals surface area contributed by atoms with E-state index in [1.165, 1.54) is 5.56 Å². The SMILES string of the molecule is CCn1c(-c2cccnc2C(C)C)c2c3cc(ccc31)-c1cccc(c1)C[C@H](NC(=O)[C@H](C1CCCC1)N1CC[C@]3(CCN(C(=O)[C@H]4CN4)C3)C1)C(=O)N1CCC[C@H](N1)C(=O)OCC(C)(C)C2. The summed E-state index contributed by atoms with van der Waals surface area (Å²) < 4.78 is 8.61. The van der Waals surface area contributed by atoms with E-state index in [1.54, 1.807) is 5.01 Å². The second kappa shape index (κ2) is 18.4. The molecular formula is C54H70N8O5. The molecule has 1 saturated carbocycles. The number of carbonyl (C=O) groups excluding carboxylic acids is 4. The molecule has 5 aliphatic heterocycles. The summed E-state index contributed by atoms with van der Waals surface area (Å²) in [5, 5.41) is 9.25. The molecule has 3 N–H and O–H groups in total. The zero-order valence-corrected chi connectivity index (χ0v) is 40.2. The van der Waals surface area contributed by atoms with Gasteiger partial charge in [0.05, 0.1) is 30.1 Å². The Morgan fingerprint density at radius 1 is 0.940 bits per heavy atom. The molecule has 2 aromatic carbocycles. The van der Waals surface area contributed by atoms with Crippen LogP contribution in [0.25, 0.3) is 33.3 Å². The maximum absolute atomic E-state index is 15.1. The van der Waals surface area contributed by atoms with Crippen molar-refractivity contribution in [3.63, 3.8) is 0 Å². The van der Waals surface area contributed by atoms with E-state index in [1.807, 2.05) is 17.2 Å². The number of amides is 3. The van der Waals surface area contributed by atoms with Gasteiger partial charge in [0.2, 0.25) is 11.8 Å². The van der Waals surface area contributed by atoms with Crippen LogP contribution in [0.3, 0.4) is 0 Å². The highest BCUT2D eigenvalue weighted by molar-refractivity contribution is 5.96. The van der Waals surface area contributed by atoms with Gasteiger partial charge in [0.15, 0.2) is 0 Å². The van der Waals surface area contributed by atoms with Gasteiger partial charge in [-0.15, -0.1) is 0 Å². The lowest BCUT2D eigenvalue weighted by molar-refractivity contribution is -0.155. The third-order valence-corrected chi connectivity index (χ3v) is 15.9. The van der Waals surface area contributed by atoms with Gasteiger partial charge in [-0.1, -0.05) is 70.9 Å². The summed E-state index contributed by atoms with van der Waals surface area (Å²) in [5.74, 6) is -0.124. The first kappa shape index (κ1) is 45.7. The number of fused-ring (bicyclic) bond motifs is 6. The number of ether oxygens (including phenoxy) is 1. The second-order valence-electron chi connectivity index (χ2n) is 21.8. The fraction of sp³-hybridized carbons (Fsp3) is 0.574. The van der Waals surface area contributed by atoms with Crippen LogP contribution in [0.2, 0.25) is 0 Å². The first-order chi connectivity index (χ1) is 32.3. The number of hydrogen-bond donors (Lipinski definition) is 3. The van der Waals surface area contributed by atoms with Crippen molar-refractivity contribution in [1.29, 1.82) is 0 Å². The minimum absolute atomic E-state index is 0.0192. The Morgan fingerprint density at radius 2 is 1.73 bits per heavy atom. The maximum atomic E-state index is 15.1. The molecule has 1 spiro atoms. The number of hydrogen-bond acceptors (Lipinski definition) is 9. The number of hydrazine groups is 1. The number of aromatic nitrogens is 2. The molecule has 67 heavy (non-hydrogen) atoms. The molecule has 6 aliphatic rings. The minimum atomic E-state index is -0.876. The van der Waals surface area contributed by atoms with Crippen LogP contribution in [-0.4, -0.2) is 118 Å². The number of cyclic esters (lactones) is 1. The highest BCUT2D eigenvalue weighted by Gasteiger charge is 2.50. The quantitative estimate of drug-likeness (QED) is 0.131. The van der Waals surface area contributed by atoms with Crippen molar-refractivity contribution in [1.82, 2.24) is 40.4 Å². The van der Waals surface area contributed by atoms with Crippen molar-refractivity contribution in [2.45, 2.75) is 135 Å². The molecule has 4 aromatic rings. The monoisotopic (exact) mass is 911 g/mol. The number of rotatable bonds is 8. The molecule has 3 amide bonds. The van der Waals surface area contributed by atoms with Crippen LogP contribution in [-0.2, 0) is 43.3 Å². The molecule has 5 atom stereocenters. The summed E-state index contributed by atoms with van der Waals surface area (Å²) in [5.41, 5.74) is 11.5. The van der Waals surface area contributed by atoms with Crippen molar-refractivity contribution >= 4 is 34.6 Å². The van der Waals surface area contributed by atoms with Gasteiger partial charge in [0.25, 0.3) is 5.91 Å². The van der Waals surface area contributed by atoms with Crippen LogP contribution in [0.15, 0.2) is 60.8 Å². The molecule has 0 radical (unpaired) electrons. The molecule has 5 fully saturated rings. The number of benzene rings is 2. The van der Waals surface area contributed by atoms with E-state index < -0.39 is 17.5 Å². The number of nitrogens with zero attached hydrogens (tertiary/aromatic N) is 5. The molecular weight excluding hydrogens is 841 g/mol.